The zero-order valence-corrected chi connectivity index (χ0v) is 16.5. The minimum atomic E-state index is 1.28. The van der Waals surface area contributed by atoms with Crippen LogP contribution in [0.5, 0.6) is 0 Å². The lowest BCUT2D eigenvalue weighted by Gasteiger charge is -2.20. The lowest BCUT2D eigenvalue weighted by atomic mass is 9.83. The van der Waals surface area contributed by atoms with Gasteiger partial charge in [0.05, 0.1) is 0 Å². The molecule has 27 heavy (non-hydrogen) atoms. The Bertz CT molecular complexity index is 1670. The van der Waals surface area contributed by atoms with Crippen molar-refractivity contribution in [1.82, 2.24) is 0 Å². The minimum Gasteiger partial charge on any atom is -0.0610 e. The summed E-state index contributed by atoms with van der Waals surface area (Å²) in [5, 5.41) is 16.5. The zero-order chi connectivity index (χ0) is 17.7. The zero-order valence-electron chi connectivity index (χ0n) is 14.4. The molecular formula is C26H13I. The lowest BCUT2D eigenvalue weighted by molar-refractivity contribution is 1.74. The van der Waals surface area contributed by atoms with Crippen LogP contribution in [-0.2, 0) is 0 Å². The molecule has 0 saturated heterocycles. The van der Waals surface area contributed by atoms with Gasteiger partial charge in [0.25, 0.3) is 0 Å². The molecule has 0 unspecified atom stereocenters. The van der Waals surface area contributed by atoms with Crippen LogP contribution < -0.4 is 0 Å². The van der Waals surface area contributed by atoms with Crippen LogP contribution in [0.15, 0.2) is 78.9 Å². The highest BCUT2D eigenvalue weighted by atomic mass is 127. The molecule has 0 atom stereocenters. The van der Waals surface area contributed by atoms with E-state index in [1.807, 2.05) is 0 Å². The lowest BCUT2D eigenvalue weighted by Crippen LogP contribution is -1.91. The first kappa shape index (κ1) is 14.4. The van der Waals surface area contributed by atoms with Crippen molar-refractivity contribution in [3.63, 3.8) is 0 Å². The highest BCUT2D eigenvalue weighted by Crippen LogP contribution is 2.47. The van der Waals surface area contributed by atoms with E-state index in [4.69, 9.17) is 0 Å². The highest BCUT2D eigenvalue weighted by Gasteiger charge is 2.19. The number of hydrogen-bond donors (Lipinski definition) is 0. The second-order valence-corrected chi connectivity index (χ2v) is 8.72. The monoisotopic (exact) mass is 452 g/mol. The quantitative estimate of drug-likeness (QED) is 0.124. The van der Waals surface area contributed by atoms with E-state index in [0.717, 1.165) is 0 Å². The number of halogens is 1. The molecule has 124 valence electrons. The summed E-state index contributed by atoms with van der Waals surface area (Å²) in [7, 11) is 0. The fraction of sp³-hybridized carbons (Fsp3) is 0. The first-order valence-corrected chi connectivity index (χ1v) is 10.3. The molecule has 0 aliphatic heterocycles. The summed E-state index contributed by atoms with van der Waals surface area (Å²) in [5.41, 5.74) is 0. The van der Waals surface area contributed by atoms with Gasteiger partial charge in [0.1, 0.15) is 0 Å². The average Bonchev–Trinajstić information content (AvgIpc) is 2.71. The van der Waals surface area contributed by atoms with Gasteiger partial charge in [-0.15, -0.1) is 0 Å². The van der Waals surface area contributed by atoms with Crippen LogP contribution in [0.2, 0.25) is 0 Å². The van der Waals surface area contributed by atoms with Gasteiger partial charge in [0, 0.05) is 3.57 Å². The molecule has 0 fully saturated rings. The Hall–Kier alpha value is -2.65. The molecule has 0 aromatic heterocycles. The Morgan fingerprint density at radius 3 is 1.56 bits per heavy atom. The summed E-state index contributed by atoms with van der Waals surface area (Å²) < 4.78 is 1.28. The Kier molecular flexibility index (Phi) is 2.56. The van der Waals surface area contributed by atoms with Crippen LogP contribution in [-0.4, -0.2) is 0 Å². The van der Waals surface area contributed by atoms with Gasteiger partial charge in [0.2, 0.25) is 0 Å². The van der Waals surface area contributed by atoms with Crippen molar-refractivity contribution >= 4 is 87.2 Å². The largest absolute Gasteiger partial charge is 0.0610 e. The summed E-state index contributed by atoms with van der Waals surface area (Å²) in [6.07, 6.45) is 0. The van der Waals surface area contributed by atoms with Gasteiger partial charge < -0.3 is 0 Å². The van der Waals surface area contributed by atoms with Crippen LogP contribution in [0.3, 0.4) is 0 Å². The van der Waals surface area contributed by atoms with Crippen LogP contribution in [0, 0.1) is 3.57 Å². The van der Waals surface area contributed by atoms with Crippen LogP contribution in [0.25, 0.3) is 64.6 Å². The number of fused-ring (bicyclic) bond motifs is 4. The molecule has 0 heterocycles. The third kappa shape index (κ3) is 1.65. The molecule has 1 heteroatoms. The van der Waals surface area contributed by atoms with Crippen molar-refractivity contribution < 1.29 is 0 Å². The Labute approximate surface area is 169 Å². The molecule has 0 aliphatic carbocycles. The molecule has 0 N–H and O–H groups in total. The van der Waals surface area contributed by atoms with E-state index in [1.165, 1.54) is 68.2 Å². The molecule has 7 aromatic carbocycles. The fourth-order valence-corrected chi connectivity index (χ4v) is 5.64. The highest BCUT2D eigenvalue weighted by molar-refractivity contribution is 14.1. The number of hydrogen-bond acceptors (Lipinski definition) is 0. The normalized spacial score (nSPS) is 12.6. The van der Waals surface area contributed by atoms with Crippen molar-refractivity contribution in [2.75, 3.05) is 0 Å². The predicted molar refractivity (Wildman–Crippen MR) is 127 cm³/mol. The molecule has 0 nitrogen and oxygen atoms in total. The molecular weight excluding hydrogens is 439 g/mol. The first-order valence-electron chi connectivity index (χ1n) is 9.24. The van der Waals surface area contributed by atoms with Crippen LogP contribution in [0.1, 0.15) is 0 Å². The Morgan fingerprint density at radius 1 is 0.407 bits per heavy atom. The summed E-state index contributed by atoms with van der Waals surface area (Å²) in [5.74, 6) is 0. The number of benzene rings is 7. The molecule has 7 aromatic rings. The molecule has 0 radical (unpaired) electrons. The van der Waals surface area contributed by atoms with E-state index in [0.29, 0.717) is 0 Å². The summed E-state index contributed by atoms with van der Waals surface area (Å²) in [6, 6.07) is 29.5. The van der Waals surface area contributed by atoms with Gasteiger partial charge in [-0.1, -0.05) is 66.7 Å². The molecule has 0 spiro atoms. The standard InChI is InChI=1S/C26H13I/c27-16-9-12-17-20-10-7-14-3-1-5-18-19-6-2-4-15-8-11-21(22(17)13-16)26(24(15)19)25(20)23(14)18/h1-13H. The van der Waals surface area contributed by atoms with Crippen molar-refractivity contribution in [3.8, 4) is 0 Å². The van der Waals surface area contributed by atoms with E-state index in [2.05, 4.69) is 101 Å². The topological polar surface area (TPSA) is 0 Å². The fourth-order valence-electron chi connectivity index (χ4n) is 5.15. The van der Waals surface area contributed by atoms with E-state index in [9.17, 15) is 0 Å². The Balaban J connectivity index is 2.02. The average molecular weight is 452 g/mol. The molecule has 0 saturated carbocycles. The van der Waals surface area contributed by atoms with Crippen LogP contribution in [0.4, 0.5) is 0 Å². The van der Waals surface area contributed by atoms with Crippen molar-refractivity contribution in [2.45, 2.75) is 0 Å². The second kappa shape index (κ2) is 4.79. The smallest absolute Gasteiger partial charge is 0.0136 e. The van der Waals surface area contributed by atoms with Crippen molar-refractivity contribution in [1.29, 1.82) is 0 Å². The number of rotatable bonds is 0. The molecule has 0 aliphatic rings. The summed E-state index contributed by atoms with van der Waals surface area (Å²) >= 11 is 2.43. The van der Waals surface area contributed by atoms with Gasteiger partial charge in [-0.05, 0) is 99.4 Å². The maximum atomic E-state index is 2.43. The third-order valence-corrected chi connectivity index (χ3v) is 6.86. The maximum absolute atomic E-state index is 2.43. The molecule has 7 rings (SSSR count). The Morgan fingerprint density at radius 2 is 0.926 bits per heavy atom. The van der Waals surface area contributed by atoms with E-state index < -0.39 is 0 Å². The van der Waals surface area contributed by atoms with Gasteiger partial charge in [-0.3, -0.25) is 0 Å². The van der Waals surface area contributed by atoms with Gasteiger partial charge in [0.15, 0.2) is 0 Å². The van der Waals surface area contributed by atoms with E-state index >= 15 is 0 Å². The van der Waals surface area contributed by atoms with E-state index in [1.54, 1.807) is 0 Å². The summed E-state index contributed by atoms with van der Waals surface area (Å²) in [6.45, 7) is 0. The van der Waals surface area contributed by atoms with E-state index in [-0.39, 0.29) is 0 Å². The molecule has 0 amide bonds. The van der Waals surface area contributed by atoms with Crippen molar-refractivity contribution in [2.24, 2.45) is 0 Å². The molecule has 0 bridgehead atoms. The predicted octanol–water partition coefficient (Wildman–Crippen LogP) is 8.09. The minimum absolute atomic E-state index is 1.28. The van der Waals surface area contributed by atoms with Crippen LogP contribution >= 0.6 is 22.6 Å². The van der Waals surface area contributed by atoms with Gasteiger partial charge >= 0.3 is 0 Å². The SMILES string of the molecule is Ic1ccc2c(c1)c1ccc3cccc4c5cccc6ccc2c(c65)c1c34. The van der Waals surface area contributed by atoms with Crippen molar-refractivity contribution in [3.05, 3.63) is 82.4 Å². The van der Waals surface area contributed by atoms with Gasteiger partial charge in [-0.25, -0.2) is 0 Å². The summed E-state index contributed by atoms with van der Waals surface area (Å²) in [4.78, 5) is 0. The third-order valence-electron chi connectivity index (χ3n) is 6.19. The maximum Gasteiger partial charge on any atom is 0.0136 e. The first-order chi connectivity index (χ1) is 13.3. The van der Waals surface area contributed by atoms with Gasteiger partial charge in [-0.2, -0.15) is 0 Å². The second-order valence-electron chi connectivity index (χ2n) is 7.47.